The molecular formula is C20H26FN3O2. The zero-order valence-corrected chi connectivity index (χ0v) is 15.0. The molecule has 5 nitrogen and oxygen atoms in total. The fourth-order valence-electron chi connectivity index (χ4n) is 4.82. The van der Waals surface area contributed by atoms with Crippen LogP contribution in [0.5, 0.6) is 0 Å². The minimum Gasteiger partial charge on any atom is -0.366 e. The van der Waals surface area contributed by atoms with Crippen LogP contribution < -0.4 is 10.2 Å². The topological polar surface area (TPSA) is 52.7 Å². The smallest absolute Gasteiger partial charge is 0.226 e. The molecule has 3 unspecified atom stereocenters. The first-order valence-corrected chi connectivity index (χ1v) is 9.71. The summed E-state index contributed by atoms with van der Waals surface area (Å²) in [7, 11) is 0. The van der Waals surface area contributed by atoms with Gasteiger partial charge in [-0.15, -0.1) is 0 Å². The highest BCUT2D eigenvalue weighted by atomic mass is 19.1. The maximum absolute atomic E-state index is 14.0. The van der Waals surface area contributed by atoms with Crippen LogP contribution in [0.3, 0.4) is 0 Å². The van der Waals surface area contributed by atoms with Crippen LogP contribution in [0.25, 0.3) is 0 Å². The van der Waals surface area contributed by atoms with Gasteiger partial charge in [0, 0.05) is 38.6 Å². The van der Waals surface area contributed by atoms with Crippen molar-refractivity contribution in [1.82, 2.24) is 10.2 Å². The highest BCUT2D eigenvalue weighted by molar-refractivity contribution is 5.87. The monoisotopic (exact) mass is 359 g/mol. The number of nitrogens with zero attached hydrogens (tertiary/aromatic N) is 2. The lowest BCUT2D eigenvalue weighted by Crippen LogP contribution is -2.57. The van der Waals surface area contributed by atoms with Gasteiger partial charge >= 0.3 is 0 Å². The van der Waals surface area contributed by atoms with Crippen molar-refractivity contribution in [1.29, 1.82) is 0 Å². The molecule has 3 aliphatic rings. The maximum atomic E-state index is 14.0. The molecule has 26 heavy (non-hydrogen) atoms. The molecule has 2 amide bonds. The van der Waals surface area contributed by atoms with Crippen molar-refractivity contribution in [2.75, 3.05) is 31.1 Å². The van der Waals surface area contributed by atoms with Gasteiger partial charge in [0.15, 0.2) is 0 Å². The maximum Gasteiger partial charge on any atom is 0.226 e. The Morgan fingerprint density at radius 3 is 2.58 bits per heavy atom. The summed E-state index contributed by atoms with van der Waals surface area (Å²) in [5.41, 5.74) is 0.601. The molecule has 0 spiro atoms. The number of hydrogen-bond donors (Lipinski definition) is 1. The van der Waals surface area contributed by atoms with Crippen molar-refractivity contribution in [2.24, 2.45) is 11.8 Å². The number of amides is 2. The molecule has 140 valence electrons. The lowest BCUT2D eigenvalue weighted by atomic mass is 9.72. The van der Waals surface area contributed by atoms with E-state index in [-0.39, 0.29) is 35.5 Å². The summed E-state index contributed by atoms with van der Waals surface area (Å²) in [4.78, 5) is 29.1. The summed E-state index contributed by atoms with van der Waals surface area (Å²) in [6, 6.07) is 6.94. The minimum absolute atomic E-state index is 0.0106. The molecule has 1 aromatic rings. The van der Waals surface area contributed by atoms with Gasteiger partial charge in [-0.25, -0.2) is 4.39 Å². The molecule has 4 rings (SSSR count). The fraction of sp³-hybridized carbons (Fsp3) is 0.600. The molecule has 1 saturated carbocycles. The van der Waals surface area contributed by atoms with E-state index in [4.69, 9.17) is 0 Å². The largest absolute Gasteiger partial charge is 0.366 e. The fourth-order valence-corrected chi connectivity index (χ4v) is 4.82. The van der Waals surface area contributed by atoms with Crippen LogP contribution in [0, 0.1) is 17.7 Å². The summed E-state index contributed by atoms with van der Waals surface area (Å²) >= 11 is 0. The van der Waals surface area contributed by atoms with E-state index in [1.54, 1.807) is 12.1 Å². The van der Waals surface area contributed by atoms with Crippen molar-refractivity contribution in [3.05, 3.63) is 30.1 Å². The molecule has 6 heteroatoms. The predicted octanol–water partition coefficient (Wildman–Crippen LogP) is 2.17. The van der Waals surface area contributed by atoms with E-state index in [1.165, 1.54) is 6.07 Å². The Labute approximate surface area is 153 Å². The zero-order valence-electron chi connectivity index (χ0n) is 15.0. The number of benzene rings is 1. The quantitative estimate of drug-likeness (QED) is 0.881. The third kappa shape index (κ3) is 3.29. The molecule has 1 aromatic carbocycles. The van der Waals surface area contributed by atoms with E-state index in [2.05, 4.69) is 5.32 Å². The summed E-state index contributed by atoms with van der Waals surface area (Å²) in [5, 5.41) is 3.08. The molecule has 2 heterocycles. The standard InChI is InChI=1S/C20H26FN3O2/c21-16-6-2-4-8-18(16)23-9-11-24(12-10-23)20(26)15-13-19(25)22-17-7-3-1-5-14(15)17/h2,4,6,8,14-15,17H,1,3,5,7,9-13H2,(H,22,25). The average molecular weight is 359 g/mol. The Bertz CT molecular complexity index is 687. The SMILES string of the molecule is O=C1CC(C(=O)N2CCN(c3ccccc3F)CC2)C2CCCCC2N1. The first-order chi connectivity index (χ1) is 12.6. The molecule has 3 fully saturated rings. The second-order valence-electron chi connectivity index (χ2n) is 7.70. The Balaban J connectivity index is 1.41. The van der Waals surface area contributed by atoms with Crippen molar-refractivity contribution >= 4 is 17.5 Å². The number of piperidine rings is 1. The van der Waals surface area contributed by atoms with Crippen LogP contribution in [-0.4, -0.2) is 48.9 Å². The molecular weight excluding hydrogens is 333 g/mol. The van der Waals surface area contributed by atoms with E-state index in [0.29, 0.717) is 38.3 Å². The van der Waals surface area contributed by atoms with Crippen LogP contribution in [0.2, 0.25) is 0 Å². The number of hydrogen-bond acceptors (Lipinski definition) is 3. The number of piperazine rings is 1. The van der Waals surface area contributed by atoms with E-state index < -0.39 is 0 Å². The number of carbonyl (C=O) groups is 2. The number of carbonyl (C=O) groups excluding carboxylic acids is 2. The molecule has 1 N–H and O–H groups in total. The van der Waals surface area contributed by atoms with Gasteiger partial charge in [-0.2, -0.15) is 0 Å². The second kappa shape index (κ2) is 7.25. The highest BCUT2D eigenvalue weighted by Gasteiger charge is 2.43. The molecule has 2 aliphatic heterocycles. The van der Waals surface area contributed by atoms with Crippen molar-refractivity contribution < 1.29 is 14.0 Å². The molecule has 3 atom stereocenters. The number of nitrogens with one attached hydrogen (secondary N) is 1. The second-order valence-corrected chi connectivity index (χ2v) is 7.70. The van der Waals surface area contributed by atoms with E-state index >= 15 is 0 Å². The van der Waals surface area contributed by atoms with E-state index in [9.17, 15) is 14.0 Å². The number of anilines is 1. The third-order valence-corrected chi connectivity index (χ3v) is 6.19. The molecule has 0 bridgehead atoms. The van der Waals surface area contributed by atoms with Gasteiger partial charge in [0.25, 0.3) is 0 Å². The van der Waals surface area contributed by atoms with Gasteiger partial charge in [-0.3, -0.25) is 9.59 Å². The Kier molecular flexibility index (Phi) is 4.83. The lowest BCUT2D eigenvalue weighted by molar-refractivity contribution is -0.145. The average Bonchev–Trinajstić information content (AvgIpc) is 2.67. The molecule has 0 radical (unpaired) electrons. The minimum atomic E-state index is -0.221. The van der Waals surface area contributed by atoms with Gasteiger partial charge in [0.2, 0.25) is 11.8 Å². The number of rotatable bonds is 2. The van der Waals surface area contributed by atoms with E-state index in [1.807, 2.05) is 15.9 Å². The lowest BCUT2D eigenvalue weighted by Gasteiger charge is -2.44. The van der Waals surface area contributed by atoms with Gasteiger partial charge in [0.05, 0.1) is 11.6 Å². The van der Waals surface area contributed by atoms with Gasteiger partial charge in [-0.1, -0.05) is 25.0 Å². The summed E-state index contributed by atoms with van der Waals surface area (Å²) in [6.07, 6.45) is 4.59. The molecule has 1 aliphatic carbocycles. The number of halogens is 1. The van der Waals surface area contributed by atoms with Gasteiger partial charge in [-0.05, 0) is 30.9 Å². The van der Waals surface area contributed by atoms with Crippen molar-refractivity contribution in [3.63, 3.8) is 0 Å². The zero-order chi connectivity index (χ0) is 18.1. The Morgan fingerprint density at radius 1 is 1.08 bits per heavy atom. The first kappa shape index (κ1) is 17.3. The normalized spacial score (nSPS) is 29.1. The molecule has 0 aromatic heterocycles. The number of para-hydroxylation sites is 1. The van der Waals surface area contributed by atoms with Crippen molar-refractivity contribution in [3.8, 4) is 0 Å². The molecule has 2 saturated heterocycles. The van der Waals surface area contributed by atoms with Gasteiger partial charge < -0.3 is 15.1 Å². The van der Waals surface area contributed by atoms with Gasteiger partial charge in [0.1, 0.15) is 5.82 Å². The highest BCUT2D eigenvalue weighted by Crippen LogP contribution is 2.36. The summed E-state index contributed by atoms with van der Waals surface area (Å²) in [5.74, 6) is -0.00434. The van der Waals surface area contributed by atoms with Crippen molar-refractivity contribution in [2.45, 2.75) is 38.1 Å². The van der Waals surface area contributed by atoms with Crippen LogP contribution in [-0.2, 0) is 9.59 Å². The van der Waals surface area contributed by atoms with Crippen LogP contribution in [0.1, 0.15) is 32.1 Å². The van der Waals surface area contributed by atoms with Crippen LogP contribution in [0.4, 0.5) is 10.1 Å². The van der Waals surface area contributed by atoms with E-state index in [0.717, 1.165) is 25.7 Å². The first-order valence-electron chi connectivity index (χ1n) is 9.71. The predicted molar refractivity (Wildman–Crippen MR) is 97.2 cm³/mol. The third-order valence-electron chi connectivity index (χ3n) is 6.19. The Hall–Kier alpha value is -2.11. The summed E-state index contributed by atoms with van der Waals surface area (Å²) in [6.45, 7) is 2.42. The summed E-state index contributed by atoms with van der Waals surface area (Å²) < 4.78 is 14.0. The Morgan fingerprint density at radius 2 is 1.81 bits per heavy atom. The van der Waals surface area contributed by atoms with Crippen LogP contribution >= 0.6 is 0 Å². The number of fused-ring (bicyclic) bond motifs is 1. The van der Waals surface area contributed by atoms with Crippen LogP contribution in [0.15, 0.2) is 24.3 Å².